The van der Waals surface area contributed by atoms with Crippen molar-refractivity contribution in [3.8, 4) is 0 Å². The van der Waals surface area contributed by atoms with Crippen molar-refractivity contribution in [2.75, 3.05) is 0 Å². The minimum atomic E-state index is -3.87. The molecule has 1 amide bonds. The van der Waals surface area contributed by atoms with Gasteiger partial charge in [0.2, 0.25) is 10.0 Å². The first-order valence-electron chi connectivity index (χ1n) is 2.93. The number of nitrogens with two attached hydrogens (primary N) is 2. The molecule has 1 rings (SSSR count). The number of sulfonamides is 1. The number of H-pyrrole nitrogens is 1. The molecule has 1 aromatic heterocycles. The van der Waals surface area contributed by atoms with Gasteiger partial charge in [0.1, 0.15) is 10.6 Å². The van der Waals surface area contributed by atoms with E-state index in [2.05, 4.69) is 4.98 Å². The Kier molecular flexibility index (Phi) is 1.90. The summed E-state index contributed by atoms with van der Waals surface area (Å²) < 4.78 is 21.5. The van der Waals surface area contributed by atoms with Crippen LogP contribution in [0, 0.1) is 0 Å². The van der Waals surface area contributed by atoms with E-state index in [9.17, 15) is 13.2 Å². The zero-order valence-corrected chi connectivity index (χ0v) is 6.76. The van der Waals surface area contributed by atoms with Gasteiger partial charge >= 0.3 is 0 Å². The summed E-state index contributed by atoms with van der Waals surface area (Å²) in [5, 5.41) is 4.78. The second-order valence-corrected chi connectivity index (χ2v) is 3.66. The second-order valence-electron chi connectivity index (χ2n) is 2.13. The fraction of sp³-hybridized carbons (Fsp3) is 0. The number of amides is 1. The van der Waals surface area contributed by atoms with E-state index in [4.69, 9.17) is 10.9 Å². The van der Waals surface area contributed by atoms with Crippen LogP contribution in [0.4, 0.5) is 0 Å². The smallest absolute Gasteiger partial charge is 0.266 e. The summed E-state index contributed by atoms with van der Waals surface area (Å²) in [6, 6.07) is 1.18. The molecule has 0 aromatic carbocycles. The average Bonchev–Trinajstić information content (AvgIpc) is 2.30. The molecule has 1 heterocycles. The molecule has 5 N–H and O–H groups in total. The summed E-state index contributed by atoms with van der Waals surface area (Å²) in [7, 11) is -3.87. The van der Waals surface area contributed by atoms with Crippen LogP contribution in [-0.2, 0) is 10.0 Å². The van der Waals surface area contributed by atoms with Gasteiger partial charge in [0.15, 0.2) is 0 Å². The first-order valence-corrected chi connectivity index (χ1v) is 4.47. The molecule has 12 heavy (non-hydrogen) atoms. The molecular formula is C5H7N3O3S. The molecular weight excluding hydrogens is 182 g/mol. The number of rotatable bonds is 2. The van der Waals surface area contributed by atoms with Crippen molar-refractivity contribution in [1.82, 2.24) is 4.98 Å². The highest BCUT2D eigenvalue weighted by Gasteiger charge is 2.17. The highest BCUT2D eigenvalue weighted by Crippen LogP contribution is 2.10. The Balaban J connectivity index is 3.36. The lowest BCUT2D eigenvalue weighted by atomic mass is 10.4. The van der Waals surface area contributed by atoms with Crippen LogP contribution in [0.15, 0.2) is 17.2 Å². The third-order valence-corrected chi connectivity index (χ3v) is 2.21. The predicted octanol–water partition coefficient (Wildman–Crippen LogP) is -1.24. The quantitative estimate of drug-likeness (QED) is 0.539. The minimum Gasteiger partial charge on any atom is -0.364 e. The van der Waals surface area contributed by atoms with Crippen LogP contribution in [-0.4, -0.2) is 19.3 Å². The van der Waals surface area contributed by atoms with E-state index >= 15 is 0 Å². The number of carbonyl (C=O) groups excluding carboxylic acids is 1. The Morgan fingerprint density at radius 3 is 2.42 bits per heavy atom. The molecule has 0 atom stereocenters. The van der Waals surface area contributed by atoms with E-state index in [1.54, 1.807) is 0 Å². The lowest BCUT2D eigenvalue weighted by molar-refractivity contribution is 0.0993. The number of hydrogen-bond donors (Lipinski definition) is 3. The van der Waals surface area contributed by atoms with Crippen LogP contribution in [0.25, 0.3) is 0 Å². The molecule has 6 nitrogen and oxygen atoms in total. The predicted molar refractivity (Wildman–Crippen MR) is 40.7 cm³/mol. The number of primary amides is 1. The molecule has 1 aromatic rings. The van der Waals surface area contributed by atoms with Gasteiger partial charge in [-0.25, -0.2) is 13.6 Å². The number of primary sulfonamides is 1. The monoisotopic (exact) mass is 189 g/mol. The summed E-state index contributed by atoms with van der Waals surface area (Å²) in [5.41, 5.74) is 4.67. The number of aromatic nitrogens is 1. The van der Waals surface area contributed by atoms with Gasteiger partial charge in [0, 0.05) is 6.20 Å². The Morgan fingerprint density at radius 2 is 2.08 bits per heavy atom. The van der Waals surface area contributed by atoms with Crippen molar-refractivity contribution < 1.29 is 13.2 Å². The van der Waals surface area contributed by atoms with Gasteiger partial charge in [-0.05, 0) is 6.07 Å². The first-order chi connectivity index (χ1) is 5.43. The molecule has 0 unspecified atom stereocenters. The lowest BCUT2D eigenvalue weighted by Crippen LogP contribution is -2.19. The Hall–Kier alpha value is -1.34. The van der Waals surface area contributed by atoms with Crippen molar-refractivity contribution in [3.63, 3.8) is 0 Å². The molecule has 0 saturated heterocycles. The van der Waals surface area contributed by atoms with Crippen LogP contribution in [0.2, 0.25) is 0 Å². The number of aromatic amines is 1. The summed E-state index contributed by atoms with van der Waals surface area (Å²) in [4.78, 5) is 12.7. The third kappa shape index (κ3) is 1.46. The van der Waals surface area contributed by atoms with Gasteiger partial charge in [-0.1, -0.05) is 0 Å². The van der Waals surface area contributed by atoms with Crippen LogP contribution in [0.1, 0.15) is 10.5 Å². The largest absolute Gasteiger partial charge is 0.364 e. The molecule has 0 fully saturated rings. The van der Waals surface area contributed by atoms with Gasteiger partial charge in [0.05, 0.1) is 0 Å². The maximum Gasteiger partial charge on any atom is 0.266 e. The maximum atomic E-state index is 10.8. The molecule has 0 spiro atoms. The number of nitrogens with one attached hydrogen (secondary N) is 1. The van der Waals surface area contributed by atoms with E-state index in [-0.39, 0.29) is 10.6 Å². The van der Waals surface area contributed by atoms with Crippen molar-refractivity contribution in [2.45, 2.75) is 4.90 Å². The van der Waals surface area contributed by atoms with Crippen LogP contribution < -0.4 is 10.9 Å². The molecule has 7 heteroatoms. The summed E-state index contributed by atoms with van der Waals surface area (Å²) in [5.74, 6) is -0.857. The number of carbonyl (C=O) groups is 1. The molecule has 0 aliphatic carbocycles. The molecule has 0 radical (unpaired) electrons. The Bertz CT molecular complexity index is 405. The molecule has 0 saturated carbocycles. The molecule has 0 bridgehead atoms. The molecule has 66 valence electrons. The van der Waals surface area contributed by atoms with E-state index in [0.717, 1.165) is 0 Å². The Morgan fingerprint density at radius 1 is 1.50 bits per heavy atom. The zero-order valence-electron chi connectivity index (χ0n) is 5.94. The highest BCUT2D eigenvalue weighted by atomic mass is 32.2. The Labute approximate surface area is 68.6 Å². The first kappa shape index (κ1) is 8.75. The molecule has 0 aliphatic heterocycles. The van der Waals surface area contributed by atoms with Gasteiger partial charge in [-0.3, -0.25) is 4.79 Å². The second kappa shape index (κ2) is 2.61. The van der Waals surface area contributed by atoms with Crippen molar-refractivity contribution >= 4 is 15.9 Å². The van der Waals surface area contributed by atoms with E-state index in [1.165, 1.54) is 12.3 Å². The standard InChI is InChI=1S/C5H7N3O3S/c6-5(9)4-3(1-2-8-4)12(7,10)11/h1-2,8H,(H2,6,9)(H2,7,10,11). The highest BCUT2D eigenvalue weighted by molar-refractivity contribution is 7.89. The summed E-state index contributed by atoms with van der Waals surface area (Å²) in [6.45, 7) is 0. The molecule has 0 aliphatic rings. The van der Waals surface area contributed by atoms with Crippen LogP contribution >= 0.6 is 0 Å². The van der Waals surface area contributed by atoms with Gasteiger partial charge < -0.3 is 10.7 Å². The zero-order chi connectivity index (χ0) is 9.35. The van der Waals surface area contributed by atoms with Crippen molar-refractivity contribution in [3.05, 3.63) is 18.0 Å². The van der Waals surface area contributed by atoms with E-state index < -0.39 is 15.9 Å². The van der Waals surface area contributed by atoms with Crippen molar-refractivity contribution in [2.24, 2.45) is 10.9 Å². The third-order valence-electron chi connectivity index (χ3n) is 1.26. The van der Waals surface area contributed by atoms with Crippen molar-refractivity contribution in [1.29, 1.82) is 0 Å². The summed E-state index contributed by atoms with van der Waals surface area (Å²) in [6.07, 6.45) is 1.28. The lowest BCUT2D eigenvalue weighted by Gasteiger charge is -1.95. The fourth-order valence-electron chi connectivity index (χ4n) is 0.785. The minimum absolute atomic E-state index is 0.197. The maximum absolute atomic E-state index is 10.8. The van der Waals surface area contributed by atoms with Crippen LogP contribution in [0.3, 0.4) is 0 Å². The van der Waals surface area contributed by atoms with Gasteiger partial charge in [0.25, 0.3) is 5.91 Å². The topological polar surface area (TPSA) is 119 Å². The fourth-order valence-corrected chi connectivity index (χ4v) is 1.49. The SMILES string of the molecule is NC(=O)c1[nH]ccc1S(N)(=O)=O. The van der Waals surface area contributed by atoms with Gasteiger partial charge in [-0.2, -0.15) is 0 Å². The van der Waals surface area contributed by atoms with E-state index in [1.807, 2.05) is 0 Å². The normalized spacial score (nSPS) is 11.4. The van der Waals surface area contributed by atoms with E-state index in [0.29, 0.717) is 0 Å². The number of hydrogen-bond acceptors (Lipinski definition) is 3. The average molecular weight is 189 g/mol. The summed E-state index contributed by atoms with van der Waals surface area (Å²) >= 11 is 0. The van der Waals surface area contributed by atoms with Gasteiger partial charge in [-0.15, -0.1) is 0 Å². The van der Waals surface area contributed by atoms with Crippen LogP contribution in [0.5, 0.6) is 0 Å².